The Morgan fingerprint density at radius 2 is 2.21 bits per heavy atom. The van der Waals surface area contributed by atoms with Crippen molar-refractivity contribution < 1.29 is 4.79 Å². The van der Waals surface area contributed by atoms with Crippen molar-refractivity contribution in [1.82, 2.24) is 14.7 Å². The molecule has 0 bridgehead atoms. The summed E-state index contributed by atoms with van der Waals surface area (Å²) in [5, 5.41) is 6.65. The van der Waals surface area contributed by atoms with Gasteiger partial charge in [-0.2, -0.15) is 5.10 Å². The highest BCUT2D eigenvalue weighted by Crippen LogP contribution is 2.18. The maximum absolute atomic E-state index is 12.8. The number of hydrogen-bond donors (Lipinski definition) is 0. The molecule has 0 aromatic carbocycles. The highest BCUT2D eigenvalue weighted by molar-refractivity contribution is 7.09. The van der Waals surface area contributed by atoms with Gasteiger partial charge >= 0.3 is 0 Å². The summed E-state index contributed by atoms with van der Waals surface area (Å²) in [5.74, 6) is 0.654. The van der Waals surface area contributed by atoms with Gasteiger partial charge in [-0.15, -0.1) is 17.9 Å². The van der Waals surface area contributed by atoms with E-state index in [1.807, 2.05) is 28.0 Å². The minimum atomic E-state index is 0.124. The Bertz CT molecular complexity index is 686. The van der Waals surface area contributed by atoms with Crippen LogP contribution in [0.25, 0.3) is 0 Å². The molecule has 2 aromatic heterocycles. The lowest BCUT2D eigenvalue weighted by molar-refractivity contribution is -0.130. The molecule has 0 aliphatic carbocycles. The van der Waals surface area contributed by atoms with Gasteiger partial charge in [0.25, 0.3) is 0 Å². The van der Waals surface area contributed by atoms with Crippen molar-refractivity contribution in [3.05, 3.63) is 52.0 Å². The lowest BCUT2D eigenvalue weighted by atomic mass is 10.1. The maximum Gasteiger partial charge on any atom is 0.227 e. The van der Waals surface area contributed by atoms with Gasteiger partial charge in [-0.05, 0) is 31.2 Å². The Morgan fingerprint density at radius 1 is 1.46 bits per heavy atom. The number of thiophene rings is 1. The predicted molar refractivity (Wildman–Crippen MR) is 100 cm³/mol. The summed E-state index contributed by atoms with van der Waals surface area (Å²) in [7, 11) is 0. The largest absolute Gasteiger partial charge is 0.334 e. The second-order valence-electron chi connectivity index (χ2n) is 6.54. The van der Waals surface area contributed by atoms with Crippen LogP contribution in [0.1, 0.15) is 35.7 Å². The Balaban J connectivity index is 2.14. The van der Waals surface area contributed by atoms with E-state index in [2.05, 4.69) is 38.5 Å². The fourth-order valence-corrected chi connectivity index (χ4v) is 3.50. The molecule has 2 rings (SSSR count). The normalized spacial score (nSPS) is 11.0. The molecular formula is C19H27N3OS. The first-order valence-corrected chi connectivity index (χ1v) is 9.24. The summed E-state index contributed by atoms with van der Waals surface area (Å²) in [6.45, 7) is 14.3. The van der Waals surface area contributed by atoms with E-state index in [0.717, 1.165) is 23.5 Å². The first-order chi connectivity index (χ1) is 11.4. The van der Waals surface area contributed by atoms with Crippen LogP contribution in [0.5, 0.6) is 0 Å². The number of hydrogen-bond acceptors (Lipinski definition) is 3. The molecule has 1 amide bonds. The van der Waals surface area contributed by atoms with Crippen molar-refractivity contribution in [3.8, 4) is 0 Å². The molecule has 0 atom stereocenters. The van der Waals surface area contributed by atoms with Crippen LogP contribution in [0.4, 0.5) is 0 Å². The lowest BCUT2D eigenvalue weighted by Crippen LogP contribution is -2.32. The number of aryl methyl sites for hydroxylation is 1. The first kappa shape index (κ1) is 18.5. The predicted octanol–water partition coefficient (Wildman–Crippen LogP) is 3.97. The minimum Gasteiger partial charge on any atom is -0.334 e. The molecule has 0 aliphatic heterocycles. The highest BCUT2D eigenvalue weighted by atomic mass is 32.1. The number of nitrogens with zero attached hydrogens (tertiary/aromatic N) is 3. The molecule has 130 valence electrons. The number of rotatable bonds is 8. The van der Waals surface area contributed by atoms with E-state index in [9.17, 15) is 4.79 Å². The second-order valence-corrected chi connectivity index (χ2v) is 7.58. The van der Waals surface area contributed by atoms with Gasteiger partial charge in [-0.25, -0.2) is 0 Å². The second kappa shape index (κ2) is 8.29. The first-order valence-electron chi connectivity index (χ1n) is 8.36. The van der Waals surface area contributed by atoms with Crippen LogP contribution >= 0.6 is 11.3 Å². The SMILES string of the molecule is C=CCN(Cc1cccs1)C(=O)Cc1c(C)nn(CC(C)C)c1C. The molecule has 0 aliphatic rings. The van der Waals surface area contributed by atoms with E-state index in [1.54, 1.807) is 17.4 Å². The average Bonchev–Trinajstić information content (AvgIpc) is 3.10. The Labute approximate surface area is 148 Å². The Morgan fingerprint density at radius 3 is 2.79 bits per heavy atom. The van der Waals surface area contributed by atoms with Crippen molar-refractivity contribution in [1.29, 1.82) is 0 Å². The van der Waals surface area contributed by atoms with Crippen molar-refractivity contribution in [2.45, 2.75) is 47.2 Å². The minimum absolute atomic E-state index is 0.124. The van der Waals surface area contributed by atoms with Gasteiger partial charge in [0.05, 0.1) is 18.7 Å². The summed E-state index contributed by atoms with van der Waals surface area (Å²) in [6.07, 6.45) is 2.18. The van der Waals surface area contributed by atoms with Crippen molar-refractivity contribution >= 4 is 17.2 Å². The molecule has 0 saturated carbocycles. The van der Waals surface area contributed by atoms with Crippen LogP contribution in [0, 0.1) is 19.8 Å². The molecule has 0 spiro atoms. The van der Waals surface area contributed by atoms with Crippen LogP contribution in [0.15, 0.2) is 30.2 Å². The molecule has 4 nitrogen and oxygen atoms in total. The fraction of sp³-hybridized carbons (Fsp3) is 0.474. The topological polar surface area (TPSA) is 38.1 Å². The number of carbonyl (C=O) groups is 1. The summed E-state index contributed by atoms with van der Waals surface area (Å²) in [4.78, 5) is 15.9. The van der Waals surface area contributed by atoms with E-state index in [4.69, 9.17) is 0 Å². The van der Waals surface area contributed by atoms with Crippen LogP contribution in [-0.4, -0.2) is 27.1 Å². The fourth-order valence-electron chi connectivity index (χ4n) is 2.78. The molecule has 0 radical (unpaired) electrons. The average molecular weight is 346 g/mol. The van der Waals surface area contributed by atoms with Gasteiger partial charge in [0.1, 0.15) is 0 Å². The van der Waals surface area contributed by atoms with Crippen LogP contribution in [-0.2, 0) is 24.3 Å². The molecular weight excluding hydrogens is 318 g/mol. The summed E-state index contributed by atoms with van der Waals surface area (Å²) >= 11 is 1.67. The molecule has 2 heterocycles. The summed E-state index contributed by atoms with van der Waals surface area (Å²) < 4.78 is 2.03. The van der Waals surface area contributed by atoms with Crippen molar-refractivity contribution in [3.63, 3.8) is 0 Å². The standard InChI is InChI=1S/C19H27N3OS/c1-6-9-21(13-17-8-7-10-24-17)19(23)11-18-15(4)20-22(16(18)5)12-14(2)3/h6-8,10,14H,1,9,11-13H2,2-5H3. The van der Waals surface area contributed by atoms with E-state index < -0.39 is 0 Å². The van der Waals surface area contributed by atoms with Crippen LogP contribution < -0.4 is 0 Å². The van der Waals surface area contributed by atoms with Gasteiger partial charge in [0.15, 0.2) is 0 Å². The van der Waals surface area contributed by atoms with E-state index in [0.29, 0.717) is 25.4 Å². The van der Waals surface area contributed by atoms with Gasteiger partial charge in [0, 0.05) is 29.2 Å². The quantitative estimate of drug-likeness (QED) is 0.679. The third-order valence-electron chi connectivity index (χ3n) is 4.03. The molecule has 0 unspecified atom stereocenters. The third kappa shape index (κ3) is 4.57. The monoisotopic (exact) mass is 345 g/mol. The highest BCUT2D eigenvalue weighted by Gasteiger charge is 2.19. The molecule has 0 N–H and O–H groups in total. The van der Waals surface area contributed by atoms with Gasteiger partial charge in [-0.3, -0.25) is 9.48 Å². The van der Waals surface area contributed by atoms with Crippen LogP contribution in [0.2, 0.25) is 0 Å². The molecule has 24 heavy (non-hydrogen) atoms. The summed E-state index contributed by atoms with van der Waals surface area (Å²) in [6, 6.07) is 4.08. The maximum atomic E-state index is 12.8. The van der Waals surface area contributed by atoms with Gasteiger partial charge in [0.2, 0.25) is 5.91 Å². The van der Waals surface area contributed by atoms with E-state index >= 15 is 0 Å². The molecule has 2 aromatic rings. The van der Waals surface area contributed by atoms with E-state index in [-0.39, 0.29) is 5.91 Å². The number of aromatic nitrogens is 2. The Hall–Kier alpha value is -1.88. The Kier molecular flexibility index (Phi) is 6.37. The smallest absolute Gasteiger partial charge is 0.227 e. The van der Waals surface area contributed by atoms with Crippen LogP contribution in [0.3, 0.4) is 0 Å². The molecule has 0 saturated heterocycles. The summed E-state index contributed by atoms with van der Waals surface area (Å²) in [5.41, 5.74) is 3.11. The van der Waals surface area contributed by atoms with Crippen molar-refractivity contribution in [2.24, 2.45) is 5.92 Å². The van der Waals surface area contributed by atoms with E-state index in [1.165, 1.54) is 4.88 Å². The van der Waals surface area contributed by atoms with Gasteiger partial charge < -0.3 is 4.90 Å². The molecule has 5 heteroatoms. The molecule has 0 fully saturated rings. The van der Waals surface area contributed by atoms with Gasteiger partial charge in [-0.1, -0.05) is 26.0 Å². The number of carbonyl (C=O) groups excluding carboxylic acids is 1. The zero-order valence-corrected chi connectivity index (χ0v) is 15.9. The van der Waals surface area contributed by atoms with Crippen molar-refractivity contribution in [2.75, 3.05) is 6.54 Å². The lowest BCUT2D eigenvalue weighted by Gasteiger charge is -2.20. The zero-order chi connectivity index (χ0) is 17.7. The number of amides is 1. The zero-order valence-electron chi connectivity index (χ0n) is 15.1. The third-order valence-corrected chi connectivity index (χ3v) is 4.89.